The third-order valence-electron chi connectivity index (χ3n) is 4.66. The van der Waals surface area contributed by atoms with Gasteiger partial charge in [0, 0.05) is 25.9 Å². The SMILES string of the molecule is C#CCCC(=O)CCO[Si](c1ccccc1)(c1ccccc1)C(C)(C)C. The highest BCUT2D eigenvalue weighted by Gasteiger charge is 2.49. The molecular weight excluding hydrogens is 336 g/mol. The average Bonchev–Trinajstić information content (AvgIpc) is 2.64. The number of hydrogen-bond donors (Lipinski definition) is 0. The molecule has 2 nitrogen and oxygen atoms in total. The highest BCUT2D eigenvalue weighted by atomic mass is 28.4. The first-order valence-corrected chi connectivity index (χ1v) is 11.0. The number of hydrogen-bond acceptors (Lipinski definition) is 2. The standard InChI is InChI=1S/C23H28O2Si/c1-5-6-13-20(24)18-19-25-26(23(2,3)4,21-14-9-7-10-15-21)22-16-11-8-12-17-22/h1,7-12,14-17H,6,13,18-19H2,2-4H3. The minimum Gasteiger partial charge on any atom is -0.407 e. The van der Waals surface area contributed by atoms with Crippen LogP contribution in [-0.2, 0) is 9.22 Å². The van der Waals surface area contributed by atoms with Gasteiger partial charge in [-0.25, -0.2) is 0 Å². The van der Waals surface area contributed by atoms with Crippen LogP contribution in [0, 0.1) is 12.3 Å². The predicted molar refractivity (Wildman–Crippen MR) is 111 cm³/mol. The number of rotatable bonds is 8. The van der Waals surface area contributed by atoms with E-state index in [0.717, 1.165) is 0 Å². The Morgan fingerprint density at radius 2 is 1.46 bits per heavy atom. The lowest BCUT2D eigenvalue weighted by molar-refractivity contribution is -0.119. The number of terminal acetylenes is 1. The Morgan fingerprint density at radius 3 is 1.88 bits per heavy atom. The third kappa shape index (κ3) is 4.52. The molecule has 26 heavy (non-hydrogen) atoms. The Kier molecular flexibility index (Phi) is 6.96. The molecule has 0 saturated carbocycles. The molecule has 0 bridgehead atoms. The van der Waals surface area contributed by atoms with Crippen LogP contribution in [0.1, 0.15) is 40.0 Å². The summed E-state index contributed by atoms with van der Waals surface area (Å²) in [6, 6.07) is 20.9. The van der Waals surface area contributed by atoms with Gasteiger partial charge in [-0.15, -0.1) is 12.3 Å². The fraction of sp³-hybridized carbons (Fsp3) is 0.348. The molecular formula is C23H28O2Si. The highest BCUT2D eigenvalue weighted by Crippen LogP contribution is 2.36. The first kappa shape index (κ1) is 20.2. The molecule has 3 heteroatoms. The van der Waals surface area contributed by atoms with Gasteiger partial charge in [0.15, 0.2) is 0 Å². The van der Waals surface area contributed by atoms with Gasteiger partial charge in [0.25, 0.3) is 8.32 Å². The van der Waals surface area contributed by atoms with Crippen LogP contribution in [0.25, 0.3) is 0 Å². The molecule has 0 spiro atoms. The molecule has 0 N–H and O–H groups in total. The van der Waals surface area contributed by atoms with E-state index in [1.54, 1.807) is 0 Å². The quantitative estimate of drug-likeness (QED) is 0.524. The molecule has 0 amide bonds. The largest absolute Gasteiger partial charge is 0.407 e. The molecule has 0 atom stereocenters. The molecule has 0 saturated heterocycles. The fourth-order valence-corrected chi connectivity index (χ4v) is 7.98. The molecule has 0 heterocycles. The van der Waals surface area contributed by atoms with E-state index >= 15 is 0 Å². The van der Waals surface area contributed by atoms with E-state index < -0.39 is 8.32 Å². The van der Waals surface area contributed by atoms with E-state index in [0.29, 0.717) is 25.9 Å². The Hall–Kier alpha value is -2.15. The van der Waals surface area contributed by atoms with Gasteiger partial charge in [0.1, 0.15) is 5.78 Å². The maximum absolute atomic E-state index is 12.1. The molecule has 136 valence electrons. The van der Waals surface area contributed by atoms with Gasteiger partial charge < -0.3 is 4.43 Å². The lowest BCUT2D eigenvalue weighted by Gasteiger charge is -2.43. The molecule has 2 aromatic carbocycles. The van der Waals surface area contributed by atoms with E-state index in [-0.39, 0.29) is 10.8 Å². The molecule has 2 aromatic rings. The zero-order valence-electron chi connectivity index (χ0n) is 16.0. The molecule has 0 fully saturated rings. The van der Waals surface area contributed by atoms with Crippen molar-refractivity contribution in [2.45, 2.75) is 45.1 Å². The van der Waals surface area contributed by atoms with Crippen LogP contribution in [-0.4, -0.2) is 20.7 Å². The first-order valence-electron chi connectivity index (χ1n) is 9.12. The van der Waals surface area contributed by atoms with Gasteiger partial charge in [0.05, 0.1) is 0 Å². The minimum atomic E-state index is -2.54. The van der Waals surface area contributed by atoms with Crippen LogP contribution in [0.5, 0.6) is 0 Å². The van der Waals surface area contributed by atoms with E-state index in [9.17, 15) is 4.79 Å². The number of ketones is 1. The van der Waals surface area contributed by atoms with Gasteiger partial charge in [-0.05, 0) is 15.4 Å². The van der Waals surface area contributed by atoms with Crippen LogP contribution < -0.4 is 10.4 Å². The summed E-state index contributed by atoms with van der Waals surface area (Å²) in [6.07, 6.45) is 6.60. The summed E-state index contributed by atoms with van der Waals surface area (Å²) < 4.78 is 6.68. The lowest BCUT2D eigenvalue weighted by Crippen LogP contribution is -2.66. The van der Waals surface area contributed by atoms with Gasteiger partial charge >= 0.3 is 0 Å². The van der Waals surface area contributed by atoms with Gasteiger partial charge in [0.2, 0.25) is 0 Å². The van der Waals surface area contributed by atoms with Crippen molar-refractivity contribution in [3.05, 3.63) is 60.7 Å². The van der Waals surface area contributed by atoms with Crippen molar-refractivity contribution in [1.82, 2.24) is 0 Å². The predicted octanol–water partition coefficient (Wildman–Crippen LogP) is 3.94. The van der Waals surface area contributed by atoms with Crippen LogP contribution in [0.2, 0.25) is 5.04 Å². The summed E-state index contributed by atoms with van der Waals surface area (Å²) in [7, 11) is -2.54. The van der Waals surface area contributed by atoms with Crippen molar-refractivity contribution in [2.24, 2.45) is 0 Å². The zero-order valence-corrected chi connectivity index (χ0v) is 17.0. The lowest BCUT2D eigenvalue weighted by atomic mass is 10.2. The van der Waals surface area contributed by atoms with Gasteiger partial charge in [-0.3, -0.25) is 4.79 Å². The smallest absolute Gasteiger partial charge is 0.261 e. The topological polar surface area (TPSA) is 26.3 Å². The van der Waals surface area contributed by atoms with E-state index in [4.69, 9.17) is 10.8 Å². The van der Waals surface area contributed by atoms with Crippen LogP contribution in [0.3, 0.4) is 0 Å². The summed E-state index contributed by atoms with van der Waals surface area (Å²) in [5.41, 5.74) is 0. The number of carbonyl (C=O) groups is 1. The average molecular weight is 365 g/mol. The Balaban J connectivity index is 2.38. The van der Waals surface area contributed by atoms with E-state index in [1.807, 2.05) is 12.1 Å². The van der Waals surface area contributed by atoms with Crippen molar-refractivity contribution in [3.8, 4) is 12.3 Å². The molecule has 0 aliphatic rings. The molecule has 0 radical (unpaired) electrons. The number of carbonyl (C=O) groups excluding carboxylic acids is 1. The molecule has 2 rings (SSSR count). The Bertz CT molecular complexity index is 700. The monoisotopic (exact) mass is 364 g/mol. The van der Waals surface area contributed by atoms with Crippen LogP contribution >= 0.6 is 0 Å². The van der Waals surface area contributed by atoms with E-state index in [1.165, 1.54) is 10.4 Å². The van der Waals surface area contributed by atoms with Crippen molar-refractivity contribution in [2.75, 3.05) is 6.61 Å². The van der Waals surface area contributed by atoms with Crippen LogP contribution in [0.15, 0.2) is 60.7 Å². The summed E-state index contributed by atoms with van der Waals surface area (Å²) in [6.45, 7) is 7.13. The molecule has 0 aliphatic heterocycles. The van der Waals surface area contributed by atoms with Gasteiger partial charge in [-0.1, -0.05) is 81.4 Å². The van der Waals surface area contributed by atoms with Crippen molar-refractivity contribution in [3.63, 3.8) is 0 Å². The molecule has 0 aromatic heterocycles. The number of Topliss-reactive ketones (excluding diaryl/α,β-unsaturated/α-hetero) is 1. The van der Waals surface area contributed by atoms with E-state index in [2.05, 4.69) is 75.2 Å². The summed E-state index contributed by atoms with van der Waals surface area (Å²) in [5, 5.41) is 2.39. The summed E-state index contributed by atoms with van der Waals surface area (Å²) in [4.78, 5) is 12.1. The first-order chi connectivity index (χ1) is 12.4. The van der Waals surface area contributed by atoms with Gasteiger partial charge in [-0.2, -0.15) is 0 Å². The van der Waals surface area contributed by atoms with Crippen LogP contribution in [0.4, 0.5) is 0 Å². The second-order valence-electron chi connectivity index (χ2n) is 7.50. The second-order valence-corrected chi connectivity index (χ2v) is 11.8. The fourth-order valence-electron chi connectivity index (χ4n) is 3.42. The second kappa shape index (κ2) is 8.98. The highest BCUT2D eigenvalue weighted by molar-refractivity contribution is 6.99. The minimum absolute atomic E-state index is 0.0719. The summed E-state index contributed by atoms with van der Waals surface area (Å²) in [5.74, 6) is 2.70. The maximum Gasteiger partial charge on any atom is 0.261 e. The zero-order chi connectivity index (χ0) is 19.0. The van der Waals surface area contributed by atoms with Crippen molar-refractivity contribution < 1.29 is 9.22 Å². The normalized spacial score (nSPS) is 11.8. The number of benzene rings is 2. The Labute approximate surface area is 158 Å². The maximum atomic E-state index is 12.1. The van der Waals surface area contributed by atoms with Crippen molar-refractivity contribution >= 4 is 24.5 Å². The third-order valence-corrected chi connectivity index (χ3v) is 9.71. The molecule has 0 aliphatic carbocycles. The van der Waals surface area contributed by atoms with Crippen molar-refractivity contribution in [1.29, 1.82) is 0 Å². The Morgan fingerprint density at radius 1 is 0.962 bits per heavy atom. The molecule has 0 unspecified atom stereocenters. The summed E-state index contributed by atoms with van der Waals surface area (Å²) >= 11 is 0.